The molecule has 2 N–H and O–H groups in total. The number of furan rings is 1. The number of rotatable bonds is 5. The Hall–Kier alpha value is -2.26. The second-order valence-electron chi connectivity index (χ2n) is 5.67. The Morgan fingerprint density at radius 2 is 1.91 bits per heavy atom. The van der Waals surface area contributed by atoms with Crippen molar-refractivity contribution < 1.29 is 4.42 Å². The van der Waals surface area contributed by atoms with E-state index in [0.717, 1.165) is 35.5 Å². The van der Waals surface area contributed by atoms with Crippen LogP contribution in [0.5, 0.6) is 0 Å². The summed E-state index contributed by atoms with van der Waals surface area (Å²) in [6.07, 6.45) is 0. The Kier molecular flexibility index (Phi) is 4.16. The minimum absolute atomic E-state index is 0.221. The van der Waals surface area contributed by atoms with Gasteiger partial charge in [-0.1, -0.05) is 37.3 Å². The van der Waals surface area contributed by atoms with Gasteiger partial charge in [0, 0.05) is 17.6 Å². The van der Waals surface area contributed by atoms with Gasteiger partial charge in [0.15, 0.2) is 0 Å². The molecule has 22 heavy (non-hydrogen) atoms. The number of benzene rings is 2. The number of nitrogens with two attached hydrogens (primary N) is 1. The zero-order chi connectivity index (χ0) is 15.5. The first kappa shape index (κ1) is 14.7. The summed E-state index contributed by atoms with van der Waals surface area (Å²) in [4.78, 5) is 2.38. The maximum Gasteiger partial charge on any atom is 0.134 e. The monoisotopic (exact) mass is 294 g/mol. The lowest BCUT2D eigenvalue weighted by molar-refractivity contribution is 0.191. The van der Waals surface area contributed by atoms with Gasteiger partial charge in [0.1, 0.15) is 11.3 Å². The van der Waals surface area contributed by atoms with E-state index in [1.807, 2.05) is 36.4 Å². The topological polar surface area (TPSA) is 42.4 Å². The number of hydrogen-bond donors (Lipinski definition) is 1. The van der Waals surface area contributed by atoms with Gasteiger partial charge in [-0.2, -0.15) is 0 Å². The van der Waals surface area contributed by atoms with E-state index in [4.69, 9.17) is 10.2 Å². The van der Waals surface area contributed by atoms with Crippen molar-refractivity contribution in [3.8, 4) is 0 Å². The van der Waals surface area contributed by atoms with Crippen LogP contribution in [-0.4, -0.2) is 11.4 Å². The van der Waals surface area contributed by atoms with E-state index in [-0.39, 0.29) is 6.04 Å². The molecule has 0 aliphatic rings. The fourth-order valence-corrected chi connectivity index (χ4v) is 2.84. The average Bonchev–Trinajstić information content (AvgIpc) is 2.96. The zero-order valence-corrected chi connectivity index (χ0v) is 13.1. The molecule has 0 saturated carbocycles. The predicted octanol–water partition coefficient (Wildman–Crippen LogP) is 4.60. The Labute approximate surface area is 131 Å². The molecule has 3 aromatic rings. The molecule has 3 nitrogen and oxygen atoms in total. The minimum Gasteiger partial charge on any atom is -0.459 e. The number of hydrogen-bond acceptors (Lipinski definition) is 3. The van der Waals surface area contributed by atoms with Crippen molar-refractivity contribution in [3.05, 3.63) is 65.9 Å². The Bertz CT molecular complexity index is 730. The van der Waals surface area contributed by atoms with Gasteiger partial charge in [0.2, 0.25) is 0 Å². The second-order valence-corrected chi connectivity index (χ2v) is 5.67. The molecule has 1 heterocycles. The summed E-state index contributed by atoms with van der Waals surface area (Å²) in [7, 11) is 0. The first-order chi connectivity index (χ1) is 10.7. The van der Waals surface area contributed by atoms with E-state index in [1.54, 1.807) is 0 Å². The predicted molar refractivity (Wildman–Crippen MR) is 91.6 cm³/mol. The van der Waals surface area contributed by atoms with Crippen molar-refractivity contribution in [2.24, 2.45) is 0 Å². The van der Waals surface area contributed by atoms with E-state index < -0.39 is 0 Å². The van der Waals surface area contributed by atoms with Crippen LogP contribution in [0.4, 0.5) is 5.69 Å². The quantitative estimate of drug-likeness (QED) is 0.699. The first-order valence-corrected chi connectivity index (χ1v) is 7.74. The highest BCUT2D eigenvalue weighted by Crippen LogP contribution is 2.28. The van der Waals surface area contributed by atoms with Gasteiger partial charge >= 0.3 is 0 Å². The molecular formula is C19H22N2O. The molecule has 0 radical (unpaired) electrons. The van der Waals surface area contributed by atoms with Gasteiger partial charge < -0.3 is 10.2 Å². The van der Waals surface area contributed by atoms with Crippen LogP contribution < -0.4 is 5.73 Å². The normalized spacial score (nSPS) is 12.9. The molecule has 1 aromatic heterocycles. The summed E-state index contributed by atoms with van der Waals surface area (Å²) < 4.78 is 6.01. The summed E-state index contributed by atoms with van der Waals surface area (Å²) in [6.45, 7) is 6.17. The van der Waals surface area contributed by atoms with Crippen LogP contribution in [0, 0.1) is 0 Å². The summed E-state index contributed by atoms with van der Waals surface area (Å²) in [5, 5.41) is 1.16. The van der Waals surface area contributed by atoms with Gasteiger partial charge in [0.05, 0.1) is 6.04 Å². The average molecular weight is 294 g/mol. The lowest BCUT2D eigenvalue weighted by Gasteiger charge is -2.26. The fourth-order valence-electron chi connectivity index (χ4n) is 2.84. The van der Waals surface area contributed by atoms with Crippen molar-refractivity contribution >= 4 is 16.7 Å². The smallest absolute Gasteiger partial charge is 0.134 e. The van der Waals surface area contributed by atoms with E-state index in [0.29, 0.717) is 0 Å². The third-order valence-electron chi connectivity index (χ3n) is 4.15. The molecule has 0 amide bonds. The SMILES string of the molecule is CCN(Cc1cccc(N)c1)C(C)c1cc2ccccc2o1. The van der Waals surface area contributed by atoms with E-state index >= 15 is 0 Å². The van der Waals surface area contributed by atoms with Crippen molar-refractivity contribution in [2.75, 3.05) is 12.3 Å². The van der Waals surface area contributed by atoms with E-state index in [2.05, 4.69) is 36.9 Å². The van der Waals surface area contributed by atoms with Gasteiger partial charge in [-0.05, 0) is 43.3 Å². The molecule has 0 bridgehead atoms. The molecule has 114 valence electrons. The van der Waals surface area contributed by atoms with Crippen molar-refractivity contribution in [1.82, 2.24) is 4.90 Å². The number of para-hydroxylation sites is 1. The molecule has 3 rings (SSSR count). The summed E-state index contributed by atoms with van der Waals surface area (Å²) in [5.41, 5.74) is 8.86. The molecule has 0 aliphatic heterocycles. The summed E-state index contributed by atoms with van der Waals surface area (Å²) >= 11 is 0. The number of fused-ring (bicyclic) bond motifs is 1. The lowest BCUT2D eigenvalue weighted by Crippen LogP contribution is -2.26. The van der Waals surface area contributed by atoms with Crippen LogP contribution in [-0.2, 0) is 6.54 Å². The summed E-state index contributed by atoms with van der Waals surface area (Å²) in [6, 6.07) is 18.6. The molecule has 1 unspecified atom stereocenters. The van der Waals surface area contributed by atoms with Crippen LogP contribution in [0.25, 0.3) is 11.0 Å². The highest BCUT2D eigenvalue weighted by molar-refractivity contribution is 5.77. The molecule has 3 heteroatoms. The number of anilines is 1. The van der Waals surface area contributed by atoms with Gasteiger partial charge in [0.25, 0.3) is 0 Å². The van der Waals surface area contributed by atoms with E-state index in [1.165, 1.54) is 5.56 Å². The zero-order valence-electron chi connectivity index (χ0n) is 13.1. The Morgan fingerprint density at radius 3 is 2.64 bits per heavy atom. The third kappa shape index (κ3) is 3.00. The summed E-state index contributed by atoms with van der Waals surface area (Å²) in [5.74, 6) is 1.01. The highest BCUT2D eigenvalue weighted by atomic mass is 16.3. The third-order valence-corrected chi connectivity index (χ3v) is 4.15. The van der Waals surface area contributed by atoms with Crippen LogP contribution in [0.15, 0.2) is 59.0 Å². The molecule has 2 aromatic carbocycles. The first-order valence-electron chi connectivity index (χ1n) is 7.74. The molecule has 1 atom stereocenters. The van der Waals surface area contributed by atoms with Crippen LogP contribution in [0.3, 0.4) is 0 Å². The molecule has 0 aliphatic carbocycles. The van der Waals surface area contributed by atoms with Crippen molar-refractivity contribution in [2.45, 2.75) is 26.4 Å². The largest absolute Gasteiger partial charge is 0.459 e. The Balaban J connectivity index is 1.83. The van der Waals surface area contributed by atoms with Crippen molar-refractivity contribution in [3.63, 3.8) is 0 Å². The maximum atomic E-state index is 6.01. The van der Waals surface area contributed by atoms with E-state index in [9.17, 15) is 0 Å². The van der Waals surface area contributed by atoms with Gasteiger partial charge in [-0.25, -0.2) is 0 Å². The van der Waals surface area contributed by atoms with Gasteiger partial charge in [-0.15, -0.1) is 0 Å². The van der Waals surface area contributed by atoms with Crippen LogP contribution in [0.2, 0.25) is 0 Å². The molecule has 0 spiro atoms. The fraction of sp³-hybridized carbons (Fsp3) is 0.263. The molecular weight excluding hydrogens is 272 g/mol. The minimum atomic E-state index is 0.221. The second kappa shape index (κ2) is 6.24. The maximum absolute atomic E-state index is 6.01. The highest BCUT2D eigenvalue weighted by Gasteiger charge is 2.18. The number of nitrogens with zero attached hydrogens (tertiary/aromatic N) is 1. The van der Waals surface area contributed by atoms with Crippen LogP contribution in [0.1, 0.15) is 31.2 Å². The molecule has 0 saturated heterocycles. The standard InChI is InChI=1S/C19H22N2O/c1-3-21(13-15-7-6-9-17(20)11-15)14(2)19-12-16-8-4-5-10-18(16)22-19/h4-12,14H,3,13,20H2,1-2H3. The Morgan fingerprint density at radius 1 is 1.09 bits per heavy atom. The lowest BCUT2D eigenvalue weighted by atomic mass is 10.1. The number of nitrogen functional groups attached to an aromatic ring is 1. The van der Waals surface area contributed by atoms with Gasteiger partial charge in [-0.3, -0.25) is 4.90 Å². The van der Waals surface area contributed by atoms with Crippen LogP contribution >= 0.6 is 0 Å². The molecule has 0 fully saturated rings. The van der Waals surface area contributed by atoms with Crippen molar-refractivity contribution in [1.29, 1.82) is 0 Å².